The number of rotatable bonds is 3. The first-order valence-electron chi connectivity index (χ1n) is 9.03. The summed E-state index contributed by atoms with van der Waals surface area (Å²) in [7, 11) is 0. The van der Waals surface area contributed by atoms with Crippen molar-refractivity contribution in [3.8, 4) is 0 Å². The molecule has 0 saturated heterocycles. The SMILES string of the molecule is O=C(CN1CC2(CC2)c2cc(Br)ccc2C1=O)Nc1nnc2ccccc2n1. The third-order valence-corrected chi connectivity index (χ3v) is 5.86. The molecular formula is C20H16BrN5O2. The Kier molecular flexibility index (Phi) is 3.90. The average Bonchev–Trinajstić information content (AvgIpc) is 3.46. The topological polar surface area (TPSA) is 88.1 Å². The van der Waals surface area contributed by atoms with Crippen molar-refractivity contribution in [2.45, 2.75) is 18.3 Å². The Morgan fingerprint density at radius 1 is 1.14 bits per heavy atom. The van der Waals surface area contributed by atoms with E-state index in [9.17, 15) is 9.59 Å². The number of nitrogens with one attached hydrogen (secondary N) is 1. The smallest absolute Gasteiger partial charge is 0.254 e. The van der Waals surface area contributed by atoms with Gasteiger partial charge in [0.2, 0.25) is 11.9 Å². The van der Waals surface area contributed by atoms with Crippen molar-refractivity contribution in [1.29, 1.82) is 0 Å². The Morgan fingerprint density at radius 2 is 1.93 bits per heavy atom. The van der Waals surface area contributed by atoms with Gasteiger partial charge in [-0.05, 0) is 48.7 Å². The molecule has 1 aromatic heterocycles. The first-order valence-corrected chi connectivity index (χ1v) is 9.82. The molecule has 2 amide bonds. The molecule has 0 atom stereocenters. The normalized spacial score (nSPS) is 16.9. The second kappa shape index (κ2) is 6.34. The third-order valence-electron chi connectivity index (χ3n) is 5.36. The van der Waals surface area contributed by atoms with Crippen molar-refractivity contribution in [2.75, 3.05) is 18.4 Å². The highest BCUT2D eigenvalue weighted by atomic mass is 79.9. The van der Waals surface area contributed by atoms with Crippen molar-refractivity contribution in [2.24, 2.45) is 0 Å². The maximum atomic E-state index is 12.9. The van der Waals surface area contributed by atoms with Gasteiger partial charge in [-0.1, -0.05) is 28.1 Å². The number of fused-ring (bicyclic) bond motifs is 3. The molecule has 0 unspecified atom stereocenters. The molecule has 8 heteroatoms. The lowest BCUT2D eigenvalue weighted by Crippen LogP contribution is -2.46. The van der Waals surface area contributed by atoms with Crippen LogP contribution in [0.3, 0.4) is 0 Å². The predicted octanol–water partition coefficient (Wildman–Crippen LogP) is 2.91. The molecule has 1 fully saturated rings. The first-order chi connectivity index (χ1) is 13.5. The van der Waals surface area contributed by atoms with Crippen molar-refractivity contribution in [3.05, 3.63) is 58.1 Å². The maximum Gasteiger partial charge on any atom is 0.254 e. The van der Waals surface area contributed by atoms with Crippen molar-refractivity contribution >= 4 is 44.7 Å². The van der Waals surface area contributed by atoms with Gasteiger partial charge in [0, 0.05) is 22.0 Å². The number of halogens is 1. The van der Waals surface area contributed by atoms with E-state index in [1.807, 2.05) is 30.3 Å². The van der Waals surface area contributed by atoms with Crippen LogP contribution in [-0.4, -0.2) is 45.0 Å². The zero-order valence-electron chi connectivity index (χ0n) is 14.9. The van der Waals surface area contributed by atoms with Crippen molar-refractivity contribution < 1.29 is 9.59 Å². The Morgan fingerprint density at radius 3 is 2.71 bits per heavy atom. The van der Waals surface area contributed by atoms with E-state index in [0.29, 0.717) is 23.1 Å². The number of hydrogen-bond acceptors (Lipinski definition) is 5. The van der Waals surface area contributed by atoms with Gasteiger partial charge in [0.1, 0.15) is 12.1 Å². The summed E-state index contributed by atoms with van der Waals surface area (Å²) >= 11 is 3.49. The Hall–Kier alpha value is -2.87. The van der Waals surface area contributed by atoms with E-state index in [1.54, 1.807) is 17.0 Å². The van der Waals surface area contributed by atoms with Crippen LogP contribution >= 0.6 is 15.9 Å². The summed E-state index contributed by atoms with van der Waals surface area (Å²) in [6, 6.07) is 13.0. The highest BCUT2D eigenvalue weighted by Crippen LogP contribution is 2.52. The molecule has 5 rings (SSSR count). The largest absolute Gasteiger partial charge is 0.328 e. The summed E-state index contributed by atoms with van der Waals surface area (Å²) in [5, 5.41) is 10.7. The molecular weight excluding hydrogens is 422 g/mol. The Labute approximate surface area is 169 Å². The molecule has 1 aliphatic heterocycles. The molecule has 2 heterocycles. The predicted molar refractivity (Wildman–Crippen MR) is 107 cm³/mol. The van der Waals surface area contributed by atoms with Crippen LogP contribution < -0.4 is 5.32 Å². The van der Waals surface area contributed by atoms with E-state index in [-0.39, 0.29) is 29.7 Å². The number of para-hydroxylation sites is 1. The molecule has 1 spiro atoms. The highest BCUT2D eigenvalue weighted by Gasteiger charge is 2.51. The standard InChI is InChI=1S/C20H16BrN5O2/c21-12-5-6-13-14(9-12)20(7-8-20)11-26(18(13)28)10-17(27)23-19-22-15-3-1-2-4-16(15)24-25-19/h1-6,9H,7-8,10-11H2,(H,22,23,25,27). The zero-order valence-corrected chi connectivity index (χ0v) is 16.4. The van der Waals surface area contributed by atoms with Crippen molar-refractivity contribution in [1.82, 2.24) is 20.1 Å². The molecule has 2 aliphatic rings. The Balaban J connectivity index is 1.35. The quantitative estimate of drug-likeness (QED) is 0.680. The fourth-order valence-corrected chi connectivity index (χ4v) is 4.17. The van der Waals surface area contributed by atoms with Crippen molar-refractivity contribution in [3.63, 3.8) is 0 Å². The van der Waals surface area contributed by atoms with Gasteiger partial charge in [0.25, 0.3) is 5.91 Å². The molecule has 1 saturated carbocycles. The van der Waals surface area contributed by atoms with Crippen LogP contribution in [0.4, 0.5) is 5.95 Å². The average molecular weight is 438 g/mol. The molecule has 28 heavy (non-hydrogen) atoms. The van der Waals surface area contributed by atoms with E-state index < -0.39 is 0 Å². The minimum Gasteiger partial charge on any atom is -0.328 e. The minimum absolute atomic E-state index is 0.0195. The number of hydrogen-bond donors (Lipinski definition) is 1. The summed E-state index contributed by atoms with van der Waals surface area (Å²) in [6.07, 6.45) is 2.05. The van der Waals surface area contributed by atoms with Gasteiger partial charge in [-0.2, -0.15) is 0 Å². The zero-order chi connectivity index (χ0) is 19.3. The third kappa shape index (κ3) is 2.93. The molecule has 7 nitrogen and oxygen atoms in total. The van der Waals surface area contributed by atoms with Gasteiger partial charge in [0.15, 0.2) is 0 Å². The highest BCUT2D eigenvalue weighted by molar-refractivity contribution is 9.10. The van der Waals surface area contributed by atoms with E-state index in [0.717, 1.165) is 22.9 Å². The van der Waals surface area contributed by atoms with E-state index in [4.69, 9.17) is 0 Å². The maximum absolute atomic E-state index is 12.9. The lowest BCUT2D eigenvalue weighted by molar-refractivity contribution is -0.117. The van der Waals surface area contributed by atoms with Crippen LogP contribution in [-0.2, 0) is 10.2 Å². The van der Waals surface area contributed by atoms with E-state index >= 15 is 0 Å². The van der Waals surface area contributed by atoms with Gasteiger partial charge in [0.05, 0.1) is 5.52 Å². The van der Waals surface area contributed by atoms with Crippen LogP contribution in [0, 0.1) is 0 Å². The summed E-state index contributed by atoms with van der Waals surface area (Å²) in [4.78, 5) is 31.4. The van der Waals surface area contributed by atoms with Crippen LogP contribution in [0.2, 0.25) is 0 Å². The number of benzene rings is 2. The van der Waals surface area contributed by atoms with E-state index in [2.05, 4.69) is 36.4 Å². The number of nitrogens with zero attached hydrogens (tertiary/aromatic N) is 4. The molecule has 1 aliphatic carbocycles. The van der Waals surface area contributed by atoms with Gasteiger partial charge in [-0.25, -0.2) is 4.98 Å². The molecule has 0 bridgehead atoms. The molecule has 140 valence electrons. The second-order valence-corrected chi connectivity index (χ2v) is 8.22. The van der Waals surface area contributed by atoms with Gasteiger partial charge in [-0.3, -0.25) is 14.9 Å². The van der Waals surface area contributed by atoms with Crippen LogP contribution in [0.15, 0.2) is 46.9 Å². The second-order valence-electron chi connectivity index (χ2n) is 7.30. The lowest BCUT2D eigenvalue weighted by Gasteiger charge is -2.34. The molecule has 0 radical (unpaired) electrons. The van der Waals surface area contributed by atoms with Gasteiger partial charge < -0.3 is 4.90 Å². The summed E-state index contributed by atoms with van der Waals surface area (Å²) in [5.74, 6) is -0.312. The summed E-state index contributed by atoms with van der Waals surface area (Å²) in [6.45, 7) is 0.520. The number of anilines is 1. The monoisotopic (exact) mass is 437 g/mol. The first kappa shape index (κ1) is 17.2. The summed E-state index contributed by atoms with van der Waals surface area (Å²) in [5.41, 5.74) is 3.06. The molecule has 3 aromatic rings. The van der Waals surface area contributed by atoms with Gasteiger partial charge in [-0.15, -0.1) is 10.2 Å². The minimum atomic E-state index is -0.332. The number of carbonyl (C=O) groups is 2. The fraction of sp³-hybridized carbons (Fsp3) is 0.250. The van der Waals surface area contributed by atoms with E-state index in [1.165, 1.54) is 0 Å². The number of amides is 2. The number of carbonyl (C=O) groups excluding carboxylic acids is 2. The number of aromatic nitrogens is 3. The fourth-order valence-electron chi connectivity index (χ4n) is 3.81. The van der Waals surface area contributed by atoms with Crippen LogP contribution in [0.25, 0.3) is 11.0 Å². The summed E-state index contributed by atoms with van der Waals surface area (Å²) < 4.78 is 0.970. The molecule has 1 N–H and O–H groups in total. The van der Waals surface area contributed by atoms with Crippen LogP contribution in [0.1, 0.15) is 28.8 Å². The Bertz CT molecular complexity index is 1130. The molecule has 2 aromatic carbocycles. The van der Waals surface area contributed by atoms with Gasteiger partial charge >= 0.3 is 0 Å². The lowest BCUT2D eigenvalue weighted by atomic mass is 9.86. The van der Waals surface area contributed by atoms with Crippen LogP contribution in [0.5, 0.6) is 0 Å².